The molecule has 0 amide bonds. The molecule has 0 fully saturated rings. The first-order valence-corrected chi connectivity index (χ1v) is 61.2. The highest BCUT2D eigenvalue weighted by molar-refractivity contribution is 14.3. The molecule has 0 bridgehead atoms. The summed E-state index contributed by atoms with van der Waals surface area (Å²) in [4.78, 5) is 16.0. The van der Waals surface area contributed by atoms with Gasteiger partial charge in [-0.1, -0.05) is 47.0 Å². The summed E-state index contributed by atoms with van der Waals surface area (Å²) >= 11 is 28.5. The van der Waals surface area contributed by atoms with E-state index in [1.807, 2.05) is 162 Å². The van der Waals surface area contributed by atoms with Gasteiger partial charge >= 0.3 is 42.9 Å². The van der Waals surface area contributed by atoms with Crippen molar-refractivity contribution >= 4 is 172 Å². The molecule has 9 aromatic rings. The van der Waals surface area contributed by atoms with Gasteiger partial charge < -0.3 is 22.5 Å². The quantitative estimate of drug-likeness (QED) is 0.0625. The predicted molar refractivity (Wildman–Crippen MR) is 401 cm³/mol. The van der Waals surface area contributed by atoms with Gasteiger partial charge in [0.25, 0.3) is 0 Å². The number of hydrogen-bond donors (Lipinski definition) is 0. The van der Waals surface area contributed by atoms with Gasteiger partial charge in [0.05, 0.1) is 40.1 Å². The van der Waals surface area contributed by atoms with Gasteiger partial charge in [-0.3, -0.25) is 25.4 Å². The largest absolute Gasteiger partial charge is 0.445 e. The molecule has 0 aromatic carbocycles. The van der Waals surface area contributed by atoms with Crippen molar-refractivity contribution in [1.82, 2.24) is 40.3 Å². The maximum atomic E-state index is 6.02. The molecule has 32 heteroatoms. The summed E-state index contributed by atoms with van der Waals surface area (Å²) in [5.74, 6) is 0. The van der Waals surface area contributed by atoms with Crippen molar-refractivity contribution in [1.29, 1.82) is 0 Å². The molecule has 17 nitrogen and oxygen atoms in total. The van der Waals surface area contributed by atoms with Crippen LogP contribution in [0.4, 0.5) is 11.4 Å². The van der Waals surface area contributed by atoms with Crippen molar-refractivity contribution in [3.8, 4) is 0 Å². The Hall–Kier alpha value is -3.38. The molecular formula is C53H97Cl4I2N17Si9+6. The number of halogens is 6. The first-order chi connectivity index (χ1) is 40.1. The highest BCUT2D eigenvalue weighted by atomic mass is 127. The normalized spacial score (nSPS) is 12.0. The number of nitrogens with zero attached hydrogens (tertiary/aromatic N) is 17. The SMILES string of the molecule is C=C[SiH](I)I.CN(C)c1cc[n+]([SiH](C)C)cc1.CN(C)c1cc[n+]([SiH](C)Cl)cc1.C[SiH](C)n1ccnc1.C[SiH](Cl)[n+]1ccccc1.C[SiH](Cl)n1ccnc1.C[n+]1ccn([SiH](C)C)c1.C[n+]1ccn([SiH](C)Cl)c1.C[n+]1ccn([SiH](C)n2ccnc2)c1. The van der Waals surface area contributed by atoms with Crippen LogP contribution in [-0.4, -0.2) is 141 Å². The topological polar surface area (TPSA) is 98.0 Å². The molecule has 9 aromatic heterocycles. The van der Waals surface area contributed by atoms with Crippen LogP contribution in [0.25, 0.3) is 0 Å². The molecule has 0 saturated heterocycles. The Morgan fingerprint density at radius 2 is 0.788 bits per heavy atom. The maximum absolute atomic E-state index is 6.02. The minimum atomic E-state index is -1.21. The third-order valence-corrected chi connectivity index (χ3v) is 29.4. The van der Waals surface area contributed by atoms with E-state index in [4.69, 9.17) is 44.3 Å². The Bertz CT molecular complexity index is 2830. The molecule has 0 saturated carbocycles. The van der Waals surface area contributed by atoms with E-state index in [9.17, 15) is 0 Å². The molecule has 9 rings (SSSR count). The minimum absolute atomic E-state index is 0.446. The van der Waals surface area contributed by atoms with Gasteiger partial charge in [0, 0.05) is 114 Å². The molecule has 466 valence electrons. The van der Waals surface area contributed by atoms with E-state index in [0.29, 0.717) is 0 Å². The van der Waals surface area contributed by atoms with E-state index >= 15 is 0 Å². The molecule has 5 unspecified atom stereocenters. The molecule has 0 aliphatic rings. The van der Waals surface area contributed by atoms with Crippen LogP contribution in [0, 0.1) is 0 Å². The third kappa shape index (κ3) is 35.4. The molecular weight excluding hydrogens is 1520 g/mol. The number of hydrogen-bond acceptors (Lipinski definition) is 5. The smallest absolute Gasteiger partial charge is 0.377 e. The van der Waals surface area contributed by atoms with Crippen molar-refractivity contribution in [2.24, 2.45) is 21.1 Å². The van der Waals surface area contributed by atoms with Crippen molar-refractivity contribution in [2.45, 2.75) is 72.0 Å². The van der Waals surface area contributed by atoms with Gasteiger partial charge in [0.2, 0.25) is 36.2 Å². The van der Waals surface area contributed by atoms with Gasteiger partial charge in [-0.25, -0.2) is 28.7 Å². The van der Waals surface area contributed by atoms with E-state index in [1.54, 1.807) is 12.5 Å². The molecule has 0 spiro atoms. The molecule has 0 N–H and O–H groups in total. The van der Waals surface area contributed by atoms with Crippen molar-refractivity contribution in [3.05, 3.63) is 204 Å². The van der Waals surface area contributed by atoms with Crippen molar-refractivity contribution in [2.75, 3.05) is 38.0 Å². The average Bonchev–Trinajstić information content (AvgIpc) is 4.58. The van der Waals surface area contributed by atoms with Crippen LogP contribution in [0.3, 0.4) is 0 Å². The van der Waals surface area contributed by atoms with Gasteiger partial charge in [-0.15, -0.1) is 72.3 Å². The standard InChI is InChI=1S/C9H17N2Si.C8H14ClN2Si.C8H13N4Si.C6H9ClNSi.C6H13N2Si.C5H10ClN2Si.C5H10N2Si.C4H7ClN2Si.C2H4I2Si/c1-10(2)9-5-7-11(8-6-9)12(3)4;1-10(2)8-4-6-11(7-5-8)12(3)9;1-10-5-6-12(8-10)13(2)11-4-3-9-7-11;1-9(7)8-5-3-2-4-6-8;1-7-4-5-8(6-7)9(2)3;1-7-3-4-8(5-7)9(2)6;1-8(2)7-4-3-6-5-7;1-8(5)7-3-2-6-4-7;1-2-5(3)4/h5-8,12H,1-4H3;4-7,12H,1-3H3;3-8,13H,1-2H3;2-6,9H,1H3;4-6,9H,1-3H3;3-5,9H,1-2H3;3-5,8H,1-2H3;2-4,8H,1H3;2,5H,1H2/q6*+1;;;. The Morgan fingerprint density at radius 3 is 1.02 bits per heavy atom. The summed E-state index contributed by atoms with van der Waals surface area (Å²) in [5, 5.41) is 0. The molecule has 9 heterocycles. The number of pyridine rings is 3. The highest BCUT2D eigenvalue weighted by Gasteiger charge is 2.16. The van der Waals surface area contributed by atoms with Crippen LogP contribution in [0.15, 0.2) is 204 Å². The molecule has 85 heavy (non-hydrogen) atoms. The van der Waals surface area contributed by atoms with Crippen molar-refractivity contribution in [3.63, 3.8) is 0 Å². The van der Waals surface area contributed by atoms with Gasteiger partial charge in [-0.05, 0) is 58.0 Å². The van der Waals surface area contributed by atoms with Gasteiger partial charge in [0.15, 0.2) is 3.79 Å². The van der Waals surface area contributed by atoms with E-state index in [2.05, 4.69) is 272 Å². The summed E-state index contributed by atoms with van der Waals surface area (Å²) in [6.45, 7) is 27.9. The lowest BCUT2D eigenvalue weighted by atomic mass is 10.4. The van der Waals surface area contributed by atoms with Crippen LogP contribution in [0.2, 0.25) is 72.0 Å². The zero-order valence-corrected chi connectivity index (χ0v) is 71.0. The maximum Gasteiger partial charge on any atom is 0.445 e. The van der Waals surface area contributed by atoms with Crippen molar-refractivity contribution < 1.29 is 26.4 Å². The van der Waals surface area contributed by atoms with Crippen LogP contribution < -0.4 is 36.2 Å². The van der Waals surface area contributed by atoms with E-state index in [0.717, 1.165) is 0 Å². The molecule has 0 radical (unpaired) electrons. The van der Waals surface area contributed by atoms with E-state index in [1.165, 1.54) is 11.4 Å². The number of aromatic nitrogens is 15. The Labute approximate surface area is 568 Å². The fraction of sp³-hybridized carbons (Fsp3) is 0.340. The third-order valence-electron chi connectivity index (χ3n) is 11.9. The predicted octanol–water partition coefficient (Wildman–Crippen LogP) is 6.25. The summed E-state index contributed by atoms with van der Waals surface area (Å²) in [7, 11) is 6.59. The number of rotatable bonds is 12. The fourth-order valence-corrected chi connectivity index (χ4v) is 14.8. The summed E-state index contributed by atoms with van der Waals surface area (Å²) in [6, 6.07) is 14.4. The molecule has 5 atom stereocenters. The molecule has 0 aliphatic carbocycles. The number of anilines is 2. The first kappa shape index (κ1) is 79.6. The van der Waals surface area contributed by atoms with Crippen LogP contribution in [0.5, 0.6) is 0 Å². The van der Waals surface area contributed by atoms with Crippen LogP contribution in [0.1, 0.15) is 0 Å². The summed E-state index contributed by atoms with van der Waals surface area (Å²) < 4.78 is 25.2. The van der Waals surface area contributed by atoms with Crippen LogP contribution >= 0.6 is 87.9 Å². The minimum Gasteiger partial charge on any atom is -0.377 e. The zero-order valence-electron chi connectivity index (χ0n) is 53.2. The lowest BCUT2D eigenvalue weighted by molar-refractivity contribution is -0.670. The Morgan fingerprint density at radius 1 is 0.447 bits per heavy atom. The number of imidazole rings is 6. The second-order valence-electron chi connectivity index (χ2n) is 20.5. The fourth-order valence-electron chi connectivity index (χ4n) is 6.53. The second-order valence-corrected chi connectivity index (χ2v) is 62.2. The Balaban J connectivity index is 0.000000483. The second kappa shape index (κ2) is 45.0. The summed E-state index contributed by atoms with van der Waals surface area (Å²) in [5.41, 5.74) is 4.50. The molecule has 0 aliphatic heterocycles. The number of aryl methyl sites for hydroxylation is 3. The first-order valence-electron chi connectivity index (χ1n) is 27.9. The Kier molecular flexibility index (Phi) is 42.1. The highest BCUT2D eigenvalue weighted by Crippen LogP contribution is 2.07. The van der Waals surface area contributed by atoms with Crippen LogP contribution in [-0.2, 0) is 21.1 Å². The zero-order chi connectivity index (χ0) is 64.2. The lowest BCUT2D eigenvalue weighted by Crippen LogP contribution is -2.46. The van der Waals surface area contributed by atoms with Gasteiger partial charge in [0.1, 0.15) is 83.3 Å². The summed E-state index contributed by atoms with van der Waals surface area (Å²) in [6.07, 6.45) is 47.9. The monoisotopic (exact) mass is 1620 g/mol. The van der Waals surface area contributed by atoms with E-state index < -0.39 is 72.9 Å². The van der Waals surface area contributed by atoms with E-state index in [-0.39, 0.29) is 0 Å². The lowest BCUT2D eigenvalue weighted by Gasteiger charge is -2.11. The average molecular weight is 1620 g/mol. The van der Waals surface area contributed by atoms with Gasteiger partial charge in [-0.2, -0.15) is 0 Å².